The first-order chi connectivity index (χ1) is 8.83. The van der Waals surface area contributed by atoms with Gasteiger partial charge in [-0.2, -0.15) is 0 Å². The van der Waals surface area contributed by atoms with Crippen molar-refractivity contribution in [3.8, 4) is 5.75 Å². The molecule has 18 heavy (non-hydrogen) atoms. The van der Waals surface area contributed by atoms with Crippen molar-refractivity contribution in [2.45, 2.75) is 51.5 Å². The molecule has 100 valence electrons. The van der Waals surface area contributed by atoms with Gasteiger partial charge in [-0.3, -0.25) is 0 Å². The SMILES string of the molecule is CCCNC1CC(c2ccc(OCCC)cc2)C1. The Labute approximate surface area is 111 Å². The number of rotatable bonds is 7. The number of hydrogen-bond acceptors (Lipinski definition) is 2. The Bertz CT molecular complexity index is 341. The van der Waals surface area contributed by atoms with Gasteiger partial charge in [0, 0.05) is 6.04 Å². The van der Waals surface area contributed by atoms with Gasteiger partial charge < -0.3 is 10.1 Å². The van der Waals surface area contributed by atoms with Gasteiger partial charge >= 0.3 is 0 Å². The lowest BCUT2D eigenvalue weighted by Gasteiger charge is -2.36. The molecule has 0 aromatic heterocycles. The summed E-state index contributed by atoms with van der Waals surface area (Å²) in [4.78, 5) is 0. The Morgan fingerprint density at radius 1 is 1.11 bits per heavy atom. The van der Waals surface area contributed by atoms with Crippen molar-refractivity contribution < 1.29 is 4.74 Å². The summed E-state index contributed by atoms with van der Waals surface area (Å²) in [5.74, 6) is 1.75. The molecular formula is C16H25NO. The van der Waals surface area contributed by atoms with Crippen LogP contribution in [0.25, 0.3) is 0 Å². The van der Waals surface area contributed by atoms with E-state index in [1.54, 1.807) is 0 Å². The summed E-state index contributed by atoms with van der Waals surface area (Å²) >= 11 is 0. The van der Waals surface area contributed by atoms with Crippen LogP contribution in [0.3, 0.4) is 0 Å². The van der Waals surface area contributed by atoms with Crippen LogP contribution in [-0.2, 0) is 0 Å². The van der Waals surface area contributed by atoms with E-state index in [1.165, 1.54) is 24.8 Å². The van der Waals surface area contributed by atoms with E-state index in [-0.39, 0.29) is 0 Å². The summed E-state index contributed by atoms with van der Waals surface area (Å²) in [6.45, 7) is 6.32. The molecular weight excluding hydrogens is 222 g/mol. The van der Waals surface area contributed by atoms with E-state index in [9.17, 15) is 0 Å². The van der Waals surface area contributed by atoms with E-state index in [0.717, 1.165) is 37.3 Å². The van der Waals surface area contributed by atoms with Crippen LogP contribution in [0.4, 0.5) is 0 Å². The number of benzene rings is 1. The monoisotopic (exact) mass is 247 g/mol. The lowest BCUT2D eigenvalue weighted by atomic mass is 9.76. The maximum atomic E-state index is 5.60. The molecule has 0 spiro atoms. The van der Waals surface area contributed by atoms with Gasteiger partial charge in [-0.15, -0.1) is 0 Å². The van der Waals surface area contributed by atoms with Crippen LogP contribution in [0.15, 0.2) is 24.3 Å². The second-order valence-corrected chi connectivity index (χ2v) is 5.24. The van der Waals surface area contributed by atoms with E-state index < -0.39 is 0 Å². The molecule has 1 saturated carbocycles. The van der Waals surface area contributed by atoms with Crippen LogP contribution in [-0.4, -0.2) is 19.2 Å². The summed E-state index contributed by atoms with van der Waals surface area (Å²) in [5, 5.41) is 3.58. The van der Waals surface area contributed by atoms with Crippen LogP contribution in [0.2, 0.25) is 0 Å². The molecule has 1 fully saturated rings. The first kappa shape index (κ1) is 13.4. The Balaban J connectivity index is 1.77. The highest BCUT2D eigenvalue weighted by atomic mass is 16.5. The standard InChI is InChI=1S/C16H25NO/c1-3-9-17-15-11-14(12-15)13-5-7-16(8-6-13)18-10-4-2/h5-8,14-15,17H,3-4,9-12H2,1-2H3. The number of ether oxygens (including phenoxy) is 1. The van der Waals surface area contributed by atoms with Gasteiger partial charge in [-0.25, -0.2) is 0 Å². The lowest BCUT2D eigenvalue weighted by molar-refractivity contribution is 0.291. The van der Waals surface area contributed by atoms with Crippen molar-refractivity contribution in [2.24, 2.45) is 0 Å². The van der Waals surface area contributed by atoms with E-state index >= 15 is 0 Å². The molecule has 2 heteroatoms. The predicted octanol–water partition coefficient (Wildman–Crippen LogP) is 3.72. The number of nitrogens with one attached hydrogen (secondary N) is 1. The fourth-order valence-corrected chi connectivity index (χ4v) is 2.46. The van der Waals surface area contributed by atoms with Crippen LogP contribution in [0.5, 0.6) is 5.75 Å². The highest BCUT2D eigenvalue weighted by molar-refractivity contribution is 5.31. The fraction of sp³-hybridized carbons (Fsp3) is 0.625. The molecule has 0 aliphatic heterocycles. The summed E-state index contributed by atoms with van der Waals surface area (Å²) in [5.41, 5.74) is 1.47. The van der Waals surface area contributed by atoms with Crippen LogP contribution >= 0.6 is 0 Å². The zero-order valence-corrected chi connectivity index (χ0v) is 11.6. The van der Waals surface area contributed by atoms with Crippen molar-refractivity contribution in [1.82, 2.24) is 5.32 Å². The summed E-state index contributed by atoms with van der Waals surface area (Å²) < 4.78 is 5.60. The second kappa shape index (κ2) is 6.79. The van der Waals surface area contributed by atoms with E-state index in [1.807, 2.05) is 0 Å². The molecule has 0 radical (unpaired) electrons. The maximum Gasteiger partial charge on any atom is 0.119 e. The predicted molar refractivity (Wildman–Crippen MR) is 76.3 cm³/mol. The van der Waals surface area contributed by atoms with E-state index in [0.29, 0.717) is 0 Å². The molecule has 0 amide bonds. The minimum atomic E-state index is 0.742. The Morgan fingerprint density at radius 2 is 1.83 bits per heavy atom. The van der Waals surface area contributed by atoms with Gasteiger partial charge in [0.15, 0.2) is 0 Å². The second-order valence-electron chi connectivity index (χ2n) is 5.24. The van der Waals surface area contributed by atoms with Gasteiger partial charge in [-0.1, -0.05) is 26.0 Å². The van der Waals surface area contributed by atoms with Crippen LogP contribution < -0.4 is 10.1 Å². The van der Waals surface area contributed by atoms with Crippen molar-refractivity contribution in [3.05, 3.63) is 29.8 Å². The summed E-state index contributed by atoms with van der Waals surface area (Å²) in [7, 11) is 0. The molecule has 0 bridgehead atoms. The topological polar surface area (TPSA) is 21.3 Å². The summed E-state index contributed by atoms with van der Waals surface area (Å²) in [6, 6.07) is 9.42. The minimum Gasteiger partial charge on any atom is -0.494 e. The van der Waals surface area contributed by atoms with Crippen LogP contribution in [0, 0.1) is 0 Å². The average molecular weight is 247 g/mol. The highest BCUT2D eigenvalue weighted by Gasteiger charge is 2.29. The quantitative estimate of drug-likeness (QED) is 0.793. The third kappa shape index (κ3) is 3.49. The minimum absolute atomic E-state index is 0.742. The van der Waals surface area contributed by atoms with Gasteiger partial charge in [0.25, 0.3) is 0 Å². The molecule has 1 N–H and O–H groups in total. The van der Waals surface area contributed by atoms with E-state index in [4.69, 9.17) is 4.74 Å². The van der Waals surface area contributed by atoms with Gasteiger partial charge in [0.05, 0.1) is 6.61 Å². The van der Waals surface area contributed by atoms with Crippen LogP contribution in [0.1, 0.15) is 51.0 Å². The molecule has 0 unspecified atom stereocenters. The van der Waals surface area contributed by atoms with Crippen molar-refractivity contribution in [3.63, 3.8) is 0 Å². The van der Waals surface area contributed by atoms with Gasteiger partial charge in [0.1, 0.15) is 5.75 Å². The third-order valence-electron chi connectivity index (χ3n) is 3.65. The molecule has 0 saturated heterocycles. The number of hydrogen-bond donors (Lipinski definition) is 1. The average Bonchev–Trinajstić information content (AvgIpc) is 2.36. The smallest absolute Gasteiger partial charge is 0.119 e. The summed E-state index contributed by atoms with van der Waals surface area (Å²) in [6.07, 6.45) is 4.87. The molecule has 2 nitrogen and oxygen atoms in total. The zero-order valence-electron chi connectivity index (χ0n) is 11.6. The van der Waals surface area contributed by atoms with Gasteiger partial charge in [0.2, 0.25) is 0 Å². The maximum absolute atomic E-state index is 5.60. The van der Waals surface area contributed by atoms with Gasteiger partial charge in [-0.05, 0) is 55.8 Å². The lowest BCUT2D eigenvalue weighted by Crippen LogP contribution is -2.40. The first-order valence-electron chi connectivity index (χ1n) is 7.29. The van der Waals surface area contributed by atoms with E-state index in [2.05, 4.69) is 43.4 Å². The van der Waals surface area contributed by atoms with Crippen molar-refractivity contribution in [1.29, 1.82) is 0 Å². The zero-order chi connectivity index (χ0) is 12.8. The molecule has 1 aliphatic carbocycles. The van der Waals surface area contributed by atoms with Crippen molar-refractivity contribution in [2.75, 3.05) is 13.2 Å². The molecule has 2 rings (SSSR count). The molecule has 1 aromatic rings. The molecule has 1 aromatic carbocycles. The molecule has 1 aliphatic rings. The molecule has 0 atom stereocenters. The Kier molecular flexibility index (Phi) is 5.06. The first-order valence-corrected chi connectivity index (χ1v) is 7.29. The third-order valence-corrected chi connectivity index (χ3v) is 3.65. The highest BCUT2D eigenvalue weighted by Crippen LogP contribution is 2.37. The normalized spacial score (nSPS) is 22.6. The molecule has 0 heterocycles. The Morgan fingerprint density at radius 3 is 2.44 bits per heavy atom. The fourth-order valence-electron chi connectivity index (χ4n) is 2.46. The Hall–Kier alpha value is -1.02. The van der Waals surface area contributed by atoms with Crippen molar-refractivity contribution >= 4 is 0 Å². The largest absolute Gasteiger partial charge is 0.494 e.